The van der Waals surface area contributed by atoms with E-state index in [1.54, 1.807) is 44.7 Å². The van der Waals surface area contributed by atoms with Crippen molar-refractivity contribution in [3.63, 3.8) is 0 Å². The van der Waals surface area contributed by atoms with E-state index >= 15 is 0 Å². The second-order valence-corrected chi connectivity index (χ2v) is 7.47. The molecule has 0 aromatic heterocycles. The van der Waals surface area contributed by atoms with Gasteiger partial charge in [0.15, 0.2) is 0 Å². The maximum absolute atomic E-state index is 12.2. The maximum atomic E-state index is 12.2. The molecule has 1 heterocycles. The average molecular weight is 378 g/mol. The topological polar surface area (TPSA) is 99.0 Å². The Hall–Kier alpha value is -2.64. The van der Waals surface area contributed by atoms with Gasteiger partial charge in [0.2, 0.25) is 0 Å². The van der Waals surface area contributed by atoms with Gasteiger partial charge >= 0.3 is 11.9 Å². The normalized spacial score (nSPS) is 16.0. The molecule has 1 unspecified atom stereocenters. The first-order valence-electron chi connectivity index (χ1n) is 9.02. The van der Waals surface area contributed by atoms with Gasteiger partial charge in [-0.25, -0.2) is 0 Å². The van der Waals surface area contributed by atoms with Crippen LogP contribution in [-0.2, 0) is 19.1 Å². The Morgan fingerprint density at radius 2 is 2.00 bits per heavy atom. The zero-order chi connectivity index (χ0) is 20.2. The minimum atomic E-state index is -0.606. The summed E-state index contributed by atoms with van der Waals surface area (Å²) in [6, 6.07) is 4.82. The molecule has 1 aliphatic heterocycles. The quantitative estimate of drug-likeness (QED) is 0.408. The van der Waals surface area contributed by atoms with Gasteiger partial charge in [0.05, 0.1) is 17.1 Å². The van der Waals surface area contributed by atoms with Gasteiger partial charge in [-0.05, 0) is 40.2 Å². The first-order chi connectivity index (χ1) is 12.6. The van der Waals surface area contributed by atoms with Crippen molar-refractivity contribution in [2.75, 3.05) is 24.6 Å². The largest absolute Gasteiger partial charge is 0.466 e. The van der Waals surface area contributed by atoms with Crippen LogP contribution in [0, 0.1) is 10.1 Å². The monoisotopic (exact) mass is 378 g/mol. The van der Waals surface area contributed by atoms with E-state index in [0.717, 1.165) is 0 Å². The number of anilines is 1. The number of carbonyl (C=O) groups excluding carboxylic acids is 2. The molecule has 0 bridgehead atoms. The molecule has 8 nitrogen and oxygen atoms in total. The number of hydrogen-bond acceptors (Lipinski definition) is 7. The van der Waals surface area contributed by atoms with Crippen LogP contribution in [0.2, 0.25) is 0 Å². The fourth-order valence-electron chi connectivity index (χ4n) is 3.29. The standard InChI is InChI=1S/C19H26N2O6/c1-5-26-16(22)10-9-13-11-20(12-17(23)27-19(2,3)4)14-7-6-8-15(18(13)14)21(24)25/h6-8,13H,5,9-12H2,1-4H3. The zero-order valence-corrected chi connectivity index (χ0v) is 16.2. The number of benzene rings is 1. The maximum Gasteiger partial charge on any atom is 0.326 e. The van der Waals surface area contributed by atoms with Gasteiger partial charge in [-0.1, -0.05) is 6.07 Å². The molecule has 2 rings (SSSR count). The Bertz CT molecular complexity index is 725. The van der Waals surface area contributed by atoms with E-state index in [1.807, 2.05) is 0 Å². The number of hydrogen-bond donors (Lipinski definition) is 0. The molecule has 1 atom stereocenters. The highest BCUT2D eigenvalue weighted by molar-refractivity contribution is 5.79. The van der Waals surface area contributed by atoms with Gasteiger partial charge in [-0.15, -0.1) is 0 Å². The summed E-state index contributed by atoms with van der Waals surface area (Å²) < 4.78 is 10.3. The summed E-state index contributed by atoms with van der Waals surface area (Å²) in [6.45, 7) is 7.81. The number of nitro groups is 1. The van der Waals surface area contributed by atoms with Gasteiger partial charge in [0, 0.05) is 30.6 Å². The molecule has 0 radical (unpaired) electrons. The molecule has 148 valence electrons. The molecule has 0 fully saturated rings. The van der Waals surface area contributed by atoms with Crippen LogP contribution >= 0.6 is 0 Å². The second kappa shape index (κ2) is 8.37. The molecular formula is C19H26N2O6. The van der Waals surface area contributed by atoms with Gasteiger partial charge in [0.25, 0.3) is 5.69 Å². The highest BCUT2D eigenvalue weighted by atomic mass is 16.6. The van der Waals surface area contributed by atoms with Gasteiger partial charge in [-0.3, -0.25) is 19.7 Å². The van der Waals surface area contributed by atoms with E-state index in [2.05, 4.69) is 0 Å². The molecule has 0 spiro atoms. The van der Waals surface area contributed by atoms with Crippen molar-refractivity contribution < 1.29 is 24.0 Å². The zero-order valence-electron chi connectivity index (χ0n) is 16.2. The summed E-state index contributed by atoms with van der Waals surface area (Å²) in [5, 5.41) is 11.5. The number of ether oxygens (including phenoxy) is 2. The summed E-state index contributed by atoms with van der Waals surface area (Å²) >= 11 is 0. The molecule has 0 amide bonds. The van der Waals surface area contributed by atoms with E-state index in [9.17, 15) is 19.7 Å². The Labute approximate surface area is 158 Å². The minimum Gasteiger partial charge on any atom is -0.466 e. The third-order valence-electron chi connectivity index (χ3n) is 4.19. The van der Waals surface area contributed by atoms with Gasteiger partial charge in [-0.2, -0.15) is 0 Å². The summed E-state index contributed by atoms with van der Waals surface area (Å²) in [5.41, 5.74) is 0.610. The Morgan fingerprint density at radius 1 is 1.30 bits per heavy atom. The molecule has 1 aromatic carbocycles. The fraction of sp³-hybridized carbons (Fsp3) is 0.579. The summed E-state index contributed by atoms with van der Waals surface area (Å²) in [5.74, 6) is -0.956. The average Bonchev–Trinajstić information content (AvgIpc) is 2.89. The minimum absolute atomic E-state index is 0.00133. The van der Waals surface area contributed by atoms with Crippen molar-refractivity contribution in [3.8, 4) is 0 Å². The van der Waals surface area contributed by atoms with E-state index in [-0.39, 0.29) is 30.5 Å². The molecule has 1 aliphatic rings. The number of fused-ring (bicyclic) bond motifs is 1. The molecular weight excluding hydrogens is 352 g/mol. The molecule has 0 aliphatic carbocycles. The second-order valence-electron chi connectivity index (χ2n) is 7.47. The number of rotatable bonds is 7. The Balaban J connectivity index is 2.23. The Kier molecular flexibility index (Phi) is 6.41. The van der Waals surface area contributed by atoms with Crippen LogP contribution in [0.15, 0.2) is 18.2 Å². The number of nitro benzene ring substituents is 1. The van der Waals surface area contributed by atoms with Crippen LogP contribution in [0.5, 0.6) is 0 Å². The highest BCUT2D eigenvalue weighted by Gasteiger charge is 2.36. The van der Waals surface area contributed by atoms with Crippen molar-refractivity contribution in [1.82, 2.24) is 0 Å². The lowest BCUT2D eigenvalue weighted by Crippen LogP contribution is -2.34. The molecule has 0 saturated carbocycles. The number of carbonyl (C=O) groups is 2. The summed E-state index contributed by atoms with van der Waals surface area (Å²) in [7, 11) is 0. The van der Waals surface area contributed by atoms with Crippen molar-refractivity contribution in [1.29, 1.82) is 0 Å². The lowest BCUT2D eigenvalue weighted by molar-refractivity contribution is -0.385. The molecule has 27 heavy (non-hydrogen) atoms. The van der Waals surface area contributed by atoms with Crippen LogP contribution in [0.4, 0.5) is 11.4 Å². The van der Waals surface area contributed by atoms with Crippen molar-refractivity contribution >= 4 is 23.3 Å². The van der Waals surface area contributed by atoms with E-state index in [0.29, 0.717) is 30.8 Å². The van der Waals surface area contributed by atoms with Crippen LogP contribution in [0.25, 0.3) is 0 Å². The van der Waals surface area contributed by atoms with Crippen LogP contribution in [0.3, 0.4) is 0 Å². The van der Waals surface area contributed by atoms with E-state index in [4.69, 9.17) is 9.47 Å². The molecule has 0 saturated heterocycles. The van der Waals surface area contributed by atoms with Crippen LogP contribution in [-0.4, -0.2) is 42.2 Å². The summed E-state index contributed by atoms with van der Waals surface area (Å²) in [4.78, 5) is 36.8. The van der Waals surface area contributed by atoms with Crippen LogP contribution in [0.1, 0.15) is 52.0 Å². The Morgan fingerprint density at radius 3 is 2.59 bits per heavy atom. The SMILES string of the molecule is CCOC(=O)CCC1CN(CC(=O)OC(C)(C)C)c2cccc([N+](=O)[O-])c21. The van der Waals surface area contributed by atoms with Gasteiger partial charge in [0.1, 0.15) is 12.1 Å². The third kappa shape index (κ3) is 5.42. The fourth-order valence-corrected chi connectivity index (χ4v) is 3.29. The molecule has 8 heteroatoms. The van der Waals surface area contributed by atoms with Gasteiger partial charge < -0.3 is 14.4 Å². The lowest BCUT2D eigenvalue weighted by atomic mass is 9.95. The van der Waals surface area contributed by atoms with Crippen molar-refractivity contribution in [2.24, 2.45) is 0 Å². The third-order valence-corrected chi connectivity index (χ3v) is 4.19. The van der Waals surface area contributed by atoms with E-state index < -0.39 is 16.5 Å². The van der Waals surface area contributed by atoms with E-state index in [1.165, 1.54) is 6.07 Å². The van der Waals surface area contributed by atoms with Crippen molar-refractivity contribution in [2.45, 2.75) is 52.1 Å². The number of nitrogens with zero attached hydrogens (tertiary/aromatic N) is 2. The molecule has 1 aromatic rings. The first-order valence-corrected chi connectivity index (χ1v) is 9.02. The van der Waals surface area contributed by atoms with Crippen molar-refractivity contribution in [3.05, 3.63) is 33.9 Å². The summed E-state index contributed by atoms with van der Waals surface area (Å²) in [6.07, 6.45) is 0.589. The predicted octanol–water partition coefficient (Wildman–Crippen LogP) is 3.18. The first kappa shape index (κ1) is 20.7. The number of esters is 2. The smallest absolute Gasteiger partial charge is 0.326 e. The lowest BCUT2D eigenvalue weighted by Gasteiger charge is -2.24. The van der Waals surface area contributed by atoms with Crippen LogP contribution < -0.4 is 4.90 Å². The molecule has 0 N–H and O–H groups in total. The highest BCUT2D eigenvalue weighted by Crippen LogP contribution is 2.43. The predicted molar refractivity (Wildman–Crippen MR) is 99.8 cm³/mol.